The minimum absolute atomic E-state index is 0.477. The quantitative estimate of drug-likeness (QED) is 0.790. The van der Waals surface area contributed by atoms with Crippen molar-refractivity contribution in [2.45, 2.75) is 12.5 Å². The lowest BCUT2D eigenvalue weighted by atomic mass is 10.1. The molecular formula is C14H16ClNO2. The number of rotatable bonds is 6. The number of aliphatic hydroxyl groups is 1. The summed E-state index contributed by atoms with van der Waals surface area (Å²) in [5, 5.41) is 13.8. The molecule has 0 saturated carbocycles. The maximum Gasteiger partial charge on any atom is 0.105 e. The van der Waals surface area contributed by atoms with E-state index >= 15 is 0 Å². The Labute approximate surface area is 111 Å². The molecule has 3 nitrogen and oxygen atoms in total. The van der Waals surface area contributed by atoms with Crippen molar-refractivity contribution >= 4 is 11.6 Å². The Kier molecular flexibility index (Phi) is 4.81. The van der Waals surface area contributed by atoms with Gasteiger partial charge in [-0.25, -0.2) is 0 Å². The van der Waals surface area contributed by atoms with Gasteiger partial charge in [0.2, 0.25) is 0 Å². The fraction of sp³-hybridized carbons (Fsp3) is 0.286. The lowest BCUT2D eigenvalue weighted by molar-refractivity contribution is 0.175. The molecule has 0 fully saturated rings. The first-order valence-electron chi connectivity index (χ1n) is 5.93. The SMILES string of the molecule is OC(CNCCc1ccco1)c1ccccc1Cl. The molecule has 1 aromatic carbocycles. The summed E-state index contributed by atoms with van der Waals surface area (Å²) in [5.41, 5.74) is 0.754. The van der Waals surface area contributed by atoms with Gasteiger partial charge in [0.05, 0.1) is 12.4 Å². The van der Waals surface area contributed by atoms with Crippen LogP contribution in [-0.2, 0) is 6.42 Å². The first-order chi connectivity index (χ1) is 8.77. The number of benzene rings is 1. The summed E-state index contributed by atoms with van der Waals surface area (Å²) in [6.45, 7) is 1.24. The van der Waals surface area contributed by atoms with E-state index in [1.54, 1.807) is 12.3 Å². The highest BCUT2D eigenvalue weighted by molar-refractivity contribution is 6.31. The molecule has 1 atom stereocenters. The first kappa shape index (κ1) is 13.1. The summed E-state index contributed by atoms with van der Waals surface area (Å²) in [6, 6.07) is 11.1. The van der Waals surface area contributed by atoms with Crippen LogP contribution < -0.4 is 5.32 Å². The van der Waals surface area contributed by atoms with Crippen molar-refractivity contribution in [2.75, 3.05) is 13.1 Å². The summed E-state index contributed by atoms with van der Waals surface area (Å²) < 4.78 is 5.22. The molecule has 4 heteroatoms. The van der Waals surface area contributed by atoms with Gasteiger partial charge in [-0.3, -0.25) is 0 Å². The molecule has 1 aromatic heterocycles. The average molecular weight is 266 g/mol. The van der Waals surface area contributed by atoms with Crippen molar-refractivity contribution in [3.05, 3.63) is 59.0 Å². The van der Waals surface area contributed by atoms with Gasteiger partial charge in [0, 0.05) is 30.1 Å². The van der Waals surface area contributed by atoms with E-state index in [2.05, 4.69) is 5.32 Å². The van der Waals surface area contributed by atoms with E-state index in [0.717, 1.165) is 24.3 Å². The summed E-state index contributed by atoms with van der Waals surface area (Å²) in [7, 11) is 0. The standard InChI is InChI=1S/C14H16ClNO2/c15-13-6-2-1-5-12(13)14(17)10-16-8-7-11-4-3-9-18-11/h1-6,9,14,16-17H,7-8,10H2. The molecule has 18 heavy (non-hydrogen) atoms. The molecule has 0 aliphatic heterocycles. The summed E-state index contributed by atoms with van der Waals surface area (Å²) in [6.07, 6.45) is 1.88. The van der Waals surface area contributed by atoms with Gasteiger partial charge in [0.15, 0.2) is 0 Å². The number of halogens is 1. The second kappa shape index (κ2) is 6.59. The zero-order chi connectivity index (χ0) is 12.8. The van der Waals surface area contributed by atoms with Crippen LogP contribution >= 0.6 is 11.6 Å². The van der Waals surface area contributed by atoms with E-state index in [4.69, 9.17) is 16.0 Å². The van der Waals surface area contributed by atoms with Gasteiger partial charge in [-0.15, -0.1) is 0 Å². The van der Waals surface area contributed by atoms with E-state index in [1.165, 1.54) is 0 Å². The molecule has 1 heterocycles. The Hall–Kier alpha value is -1.29. The second-order valence-electron chi connectivity index (χ2n) is 4.07. The lowest BCUT2D eigenvalue weighted by Gasteiger charge is -2.13. The first-order valence-corrected chi connectivity index (χ1v) is 6.31. The van der Waals surface area contributed by atoms with Gasteiger partial charge in [-0.1, -0.05) is 29.8 Å². The van der Waals surface area contributed by atoms with E-state index in [-0.39, 0.29) is 0 Å². The molecule has 0 aliphatic rings. The lowest BCUT2D eigenvalue weighted by Crippen LogP contribution is -2.23. The molecule has 0 aliphatic carbocycles. The topological polar surface area (TPSA) is 45.4 Å². The van der Waals surface area contributed by atoms with Crippen molar-refractivity contribution in [3.63, 3.8) is 0 Å². The monoisotopic (exact) mass is 265 g/mol. The zero-order valence-corrected chi connectivity index (χ0v) is 10.7. The number of nitrogens with one attached hydrogen (secondary N) is 1. The molecule has 2 aromatic rings. The molecule has 0 saturated heterocycles. The van der Waals surface area contributed by atoms with E-state index in [1.807, 2.05) is 30.3 Å². The molecule has 2 N–H and O–H groups in total. The highest BCUT2D eigenvalue weighted by Gasteiger charge is 2.10. The molecule has 96 valence electrons. The largest absolute Gasteiger partial charge is 0.469 e. The van der Waals surface area contributed by atoms with Gasteiger partial charge in [0.1, 0.15) is 5.76 Å². The van der Waals surface area contributed by atoms with Crippen molar-refractivity contribution in [1.29, 1.82) is 0 Å². The van der Waals surface area contributed by atoms with Gasteiger partial charge in [-0.2, -0.15) is 0 Å². The van der Waals surface area contributed by atoms with Gasteiger partial charge >= 0.3 is 0 Å². The average Bonchev–Trinajstić information content (AvgIpc) is 2.88. The van der Waals surface area contributed by atoms with Crippen molar-refractivity contribution in [3.8, 4) is 0 Å². The fourth-order valence-electron chi connectivity index (χ4n) is 1.76. The van der Waals surface area contributed by atoms with E-state index in [0.29, 0.717) is 11.6 Å². The third-order valence-corrected chi connectivity index (χ3v) is 3.07. The van der Waals surface area contributed by atoms with Crippen LogP contribution in [0.2, 0.25) is 5.02 Å². The Morgan fingerprint density at radius 2 is 2.06 bits per heavy atom. The number of hydrogen-bond acceptors (Lipinski definition) is 3. The van der Waals surface area contributed by atoms with Gasteiger partial charge in [-0.05, 0) is 18.2 Å². The number of furan rings is 1. The summed E-state index contributed by atoms with van der Waals surface area (Å²) in [4.78, 5) is 0. The van der Waals surface area contributed by atoms with Crippen LogP contribution in [0.5, 0.6) is 0 Å². The minimum atomic E-state index is -0.588. The Bertz CT molecular complexity index is 470. The maximum atomic E-state index is 9.99. The molecule has 0 amide bonds. The third-order valence-electron chi connectivity index (χ3n) is 2.73. The number of hydrogen-bond donors (Lipinski definition) is 2. The van der Waals surface area contributed by atoms with Crippen molar-refractivity contribution in [2.24, 2.45) is 0 Å². The van der Waals surface area contributed by atoms with Crippen LogP contribution in [0.4, 0.5) is 0 Å². The summed E-state index contributed by atoms with van der Waals surface area (Å²) >= 11 is 6.01. The Morgan fingerprint density at radius 3 is 2.78 bits per heavy atom. The molecule has 0 spiro atoms. The van der Waals surface area contributed by atoms with Crippen LogP contribution in [0.25, 0.3) is 0 Å². The van der Waals surface area contributed by atoms with Crippen LogP contribution in [0.3, 0.4) is 0 Å². The van der Waals surface area contributed by atoms with E-state index in [9.17, 15) is 5.11 Å². The van der Waals surface area contributed by atoms with E-state index < -0.39 is 6.10 Å². The summed E-state index contributed by atoms with van der Waals surface area (Å²) in [5.74, 6) is 0.940. The van der Waals surface area contributed by atoms with Crippen LogP contribution in [0, 0.1) is 0 Å². The predicted octanol–water partition coefficient (Wildman–Crippen LogP) is 2.80. The normalized spacial score (nSPS) is 12.6. The molecule has 0 bridgehead atoms. The van der Waals surface area contributed by atoms with Crippen molar-refractivity contribution in [1.82, 2.24) is 5.32 Å². The maximum absolute atomic E-state index is 9.99. The Balaban J connectivity index is 1.75. The smallest absolute Gasteiger partial charge is 0.105 e. The highest BCUT2D eigenvalue weighted by atomic mass is 35.5. The molecule has 1 unspecified atom stereocenters. The van der Waals surface area contributed by atoms with Gasteiger partial charge < -0.3 is 14.8 Å². The molecule has 0 radical (unpaired) electrons. The van der Waals surface area contributed by atoms with Gasteiger partial charge in [0.25, 0.3) is 0 Å². The zero-order valence-electron chi connectivity index (χ0n) is 9.97. The molecule has 2 rings (SSSR count). The van der Waals surface area contributed by atoms with Crippen LogP contribution in [-0.4, -0.2) is 18.2 Å². The molecular weight excluding hydrogens is 250 g/mol. The van der Waals surface area contributed by atoms with Crippen LogP contribution in [0.1, 0.15) is 17.4 Å². The highest BCUT2D eigenvalue weighted by Crippen LogP contribution is 2.21. The van der Waals surface area contributed by atoms with Crippen LogP contribution in [0.15, 0.2) is 47.1 Å². The third kappa shape index (κ3) is 3.60. The second-order valence-corrected chi connectivity index (χ2v) is 4.48. The number of aliphatic hydroxyl groups excluding tert-OH is 1. The minimum Gasteiger partial charge on any atom is -0.469 e. The predicted molar refractivity (Wildman–Crippen MR) is 71.7 cm³/mol. The van der Waals surface area contributed by atoms with Crippen molar-refractivity contribution < 1.29 is 9.52 Å². The Morgan fingerprint density at radius 1 is 1.22 bits per heavy atom. The fourth-order valence-corrected chi connectivity index (χ4v) is 2.02.